The van der Waals surface area contributed by atoms with Crippen molar-refractivity contribution in [3.05, 3.63) is 0 Å². The Bertz CT molecular complexity index is 236. The van der Waals surface area contributed by atoms with Crippen LogP contribution in [0.3, 0.4) is 0 Å². The van der Waals surface area contributed by atoms with Gasteiger partial charge in [0.15, 0.2) is 0 Å². The summed E-state index contributed by atoms with van der Waals surface area (Å²) in [6.07, 6.45) is 1.50. The van der Waals surface area contributed by atoms with Crippen LogP contribution in [0, 0.1) is 0 Å². The zero-order valence-electron chi connectivity index (χ0n) is 10.9. The van der Waals surface area contributed by atoms with Gasteiger partial charge in [0, 0.05) is 26.1 Å². The molecule has 1 N–H and O–H groups in total. The number of amides is 1. The lowest BCUT2D eigenvalue weighted by atomic mass is 10.2. The van der Waals surface area contributed by atoms with E-state index in [-0.39, 0.29) is 18.6 Å². The topological polar surface area (TPSA) is 53.0 Å². The van der Waals surface area contributed by atoms with Crippen molar-refractivity contribution in [2.45, 2.75) is 25.8 Å². The van der Waals surface area contributed by atoms with Crippen molar-refractivity contribution < 1.29 is 14.6 Å². The van der Waals surface area contributed by atoms with E-state index in [1.807, 2.05) is 23.8 Å². The zero-order valence-corrected chi connectivity index (χ0v) is 10.9. The Balaban J connectivity index is 2.50. The van der Waals surface area contributed by atoms with E-state index in [4.69, 9.17) is 9.84 Å². The van der Waals surface area contributed by atoms with Gasteiger partial charge in [0.05, 0.1) is 25.9 Å². The summed E-state index contributed by atoms with van der Waals surface area (Å²) in [7, 11) is 1.95. The lowest BCUT2D eigenvalue weighted by molar-refractivity contribution is -0.140. The maximum atomic E-state index is 12.0. The summed E-state index contributed by atoms with van der Waals surface area (Å²) < 4.78 is 5.44. The molecular formula is C12H24N2O3. The predicted molar refractivity (Wildman–Crippen MR) is 65.8 cm³/mol. The summed E-state index contributed by atoms with van der Waals surface area (Å²) in [5.74, 6) is 0.221. The van der Waals surface area contributed by atoms with Crippen LogP contribution < -0.4 is 0 Å². The number of hydrogen-bond acceptors (Lipinski definition) is 4. The van der Waals surface area contributed by atoms with Gasteiger partial charge in [0.25, 0.3) is 0 Å². The number of carbonyl (C=O) groups excluding carboxylic acids is 1. The molecule has 0 aromatic rings. The van der Waals surface area contributed by atoms with Crippen molar-refractivity contribution in [3.63, 3.8) is 0 Å². The van der Waals surface area contributed by atoms with Gasteiger partial charge in [-0.15, -0.1) is 0 Å². The molecule has 5 heteroatoms. The molecular weight excluding hydrogens is 220 g/mol. The third kappa shape index (κ3) is 4.61. The predicted octanol–water partition coefficient (Wildman–Crippen LogP) is -0.0620. The van der Waals surface area contributed by atoms with E-state index < -0.39 is 0 Å². The number of hydrogen-bond donors (Lipinski definition) is 1. The summed E-state index contributed by atoms with van der Waals surface area (Å²) in [6.45, 7) is 5.48. The molecule has 0 radical (unpaired) electrons. The minimum atomic E-state index is 0.124. The third-order valence-corrected chi connectivity index (χ3v) is 3.02. The van der Waals surface area contributed by atoms with Crippen LogP contribution in [0.5, 0.6) is 0 Å². The lowest BCUT2D eigenvalue weighted by Crippen LogP contribution is -2.53. The summed E-state index contributed by atoms with van der Waals surface area (Å²) >= 11 is 0. The number of rotatable bonds is 6. The van der Waals surface area contributed by atoms with Crippen LogP contribution in [-0.2, 0) is 9.53 Å². The Labute approximate surface area is 103 Å². The van der Waals surface area contributed by atoms with Crippen LogP contribution in [0.1, 0.15) is 19.8 Å². The molecule has 0 bridgehead atoms. The van der Waals surface area contributed by atoms with Gasteiger partial charge >= 0.3 is 0 Å². The standard InChI is InChI=1S/C12H24N2O3/c1-3-4-12(16)14-6-8-17-10-11(14)9-13(2)5-7-15/h11,15H,3-10H2,1-2H3/t11-/m0/s1. The van der Waals surface area contributed by atoms with E-state index in [2.05, 4.69) is 0 Å². The molecule has 0 aromatic carbocycles. The summed E-state index contributed by atoms with van der Waals surface area (Å²) in [5, 5.41) is 8.87. The Hall–Kier alpha value is -0.650. The molecule has 1 fully saturated rings. The van der Waals surface area contributed by atoms with E-state index in [1.165, 1.54) is 0 Å². The molecule has 0 spiro atoms. The maximum Gasteiger partial charge on any atom is 0.223 e. The molecule has 0 aromatic heterocycles. The molecule has 1 heterocycles. The van der Waals surface area contributed by atoms with Crippen molar-refractivity contribution in [2.24, 2.45) is 0 Å². The molecule has 1 atom stereocenters. The fourth-order valence-corrected chi connectivity index (χ4v) is 2.11. The monoisotopic (exact) mass is 244 g/mol. The van der Waals surface area contributed by atoms with E-state index in [9.17, 15) is 4.79 Å². The van der Waals surface area contributed by atoms with Gasteiger partial charge in [-0.05, 0) is 13.5 Å². The van der Waals surface area contributed by atoms with E-state index in [1.54, 1.807) is 0 Å². The van der Waals surface area contributed by atoms with Gasteiger partial charge in [-0.1, -0.05) is 6.92 Å². The van der Waals surface area contributed by atoms with Gasteiger partial charge in [-0.2, -0.15) is 0 Å². The number of carbonyl (C=O) groups is 1. The van der Waals surface area contributed by atoms with Crippen LogP contribution in [0.4, 0.5) is 0 Å². The first kappa shape index (κ1) is 14.4. The van der Waals surface area contributed by atoms with Crippen LogP contribution in [0.15, 0.2) is 0 Å². The van der Waals surface area contributed by atoms with Crippen LogP contribution >= 0.6 is 0 Å². The van der Waals surface area contributed by atoms with Crippen LogP contribution in [-0.4, -0.2) is 73.4 Å². The fraction of sp³-hybridized carbons (Fsp3) is 0.917. The smallest absolute Gasteiger partial charge is 0.223 e. The highest BCUT2D eigenvalue weighted by atomic mass is 16.5. The number of aliphatic hydroxyl groups is 1. The second kappa shape index (κ2) is 7.63. The van der Waals surface area contributed by atoms with Gasteiger partial charge < -0.3 is 19.6 Å². The molecule has 100 valence electrons. The van der Waals surface area contributed by atoms with Crippen molar-refractivity contribution >= 4 is 5.91 Å². The van der Waals surface area contributed by atoms with Crippen molar-refractivity contribution in [1.29, 1.82) is 0 Å². The molecule has 1 saturated heterocycles. The van der Waals surface area contributed by atoms with E-state index in [0.717, 1.165) is 13.0 Å². The second-order valence-corrected chi connectivity index (χ2v) is 4.55. The summed E-state index contributed by atoms with van der Waals surface area (Å²) in [4.78, 5) is 15.9. The normalized spacial score (nSPS) is 20.9. The molecule has 0 aliphatic carbocycles. The fourth-order valence-electron chi connectivity index (χ4n) is 2.11. The van der Waals surface area contributed by atoms with Crippen molar-refractivity contribution in [3.8, 4) is 0 Å². The van der Waals surface area contributed by atoms with E-state index >= 15 is 0 Å². The second-order valence-electron chi connectivity index (χ2n) is 4.55. The highest BCUT2D eigenvalue weighted by molar-refractivity contribution is 5.76. The summed E-state index contributed by atoms with van der Waals surface area (Å²) in [6, 6.07) is 0.124. The largest absolute Gasteiger partial charge is 0.395 e. The van der Waals surface area contributed by atoms with E-state index in [0.29, 0.717) is 32.7 Å². The Morgan fingerprint density at radius 1 is 1.59 bits per heavy atom. The van der Waals surface area contributed by atoms with Gasteiger partial charge in [0.2, 0.25) is 5.91 Å². The van der Waals surface area contributed by atoms with Gasteiger partial charge in [-0.3, -0.25) is 4.79 Å². The molecule has 17 heavy (non-hydrogen) atoms. The molecule has 1 aliphatic rings. The number of aliphatic hydroxyl groups excluding tert-OH is 1. The first-order valence-electron chi connectivity index (χ1n) is 6.35. The third-order valence-electron chi connectivity index (χ3n) is 3.02. The molecule has 0 unspecified atom stereocenters. The summed E-state index contributed by atoms with van der Waals surface area (Å²) in [5.41, 5.74) is 0. The Morgan fingerprint density at radius 3 is 3.00 bits per heavy atom. The number of ether oxygens (including phenoxy) is 1. The minimum absolute atomic E-state index is 0.124. The van der Waals surface area contributed by atoms with Crippen LogP contribution in [0.2, 0.25) is 0 Å². The van der Waals surface area contributed by atoms with Crippen molar-refractivity contribution in [1.82, 2.24) is 9.80 Å². The SMILES string of the molecule is CCCC(=O)N1CCOC[C@@H]1CN(C)CCO. The molecule has 1 amide bonds. The highest BCUT2D eigenvalue weighted by Gasteiger charge is 2.27. The minimum Gasteiger partial charge on any atom is -0.395 e. The molecule has 5 nitrogen and oxygen atoms in total. The quantitative estimate of drug-likeness (QED) is 0.711. The Morgan fingerprint density at radius 2 is 2.35 bits per heavy atom. The highest BCUT2D eigenvalue weighted by Crippen LogP contribution is 2.10. The average Bonchev–Trinajstić information content (AvgIpc) is 2.30. The number of morpholine rings is 1. The number of nitrogens with zero attached hydrogens (tertiary/aromatic N) is 2. The zero-order chi connectivity index (χ0) is 12.7. The first-order chi connectivity index (χ1) is 8.19. The molecule has 1 rings (SSSR count). The van der Waals surface area contributed by atoms with Gasteiger partial charge in [-0.25, -0.2) is 0 Å². The van der Waals surface area contributed by atoms with Crippen molar-refractivity contribution in [2.75, 3.05) is 46.5 Å². The Kier molecular flexibility index (Phi) is 6.47. The number of likely N-dealkylation sites (N-methyl/N-ethyl adjacent to an activating group) is 1. The molecule has 1 aliphatic heterocycles. The average molecular weight is 244 g/mol. The van der Waals surface area contributed by atoms with Crippen LogP contribution in [0.25, 0.3) is 0 Å². The maximum absolute atomic E-state index is 12.0. The lowest BCUT2D eigenvalue weighted by Gasteiger charge is -2.37. The van der Waals surface area contributed by atoms with Gasteiger partial charge in [0.1, 0.15) is 0 Å². The first-order valence-corrected chi connectivity index (χ1v) is 6.35. The molecule has 0 saturated carbocycles.